The van der Waals surface area contributed by atoms with Crippen molar-refractivity contribution in [1.29, 1.82) is 5.41 Å². The normalized spacial score (nSPS) is 16.0. The van der Waals surface area contributed by atoms with Crippen LogP contribution in [0.1, 0.15) is 41.6 Å². The molecule has 1 fully saturated rings. The van der Waals surface area contributed by atoms with Crippen molar-refractivity contribution in [3.8, 4) is 0 Å². The molecule has 5 nitrogen and oxygen atoms in total. The number of hydrogen-bond acceptors (Lipinski definition) is 4. The van der Waals surface area contributed by atoms with Crippen molar-refractivity contribution < 1.29 is 4.79 Å². The van der Waals surface area contributed by atoms with Crippen LogP contribution >= 0.6 is 0 Å². The van der Waals surface area contributed by atoms with Gasteiger partial charge in [0, 0.05) is 36.6 Å². The molecular weight excluding hydrogens is 288 g/mol. The van der Waals surface area contributed by atoms with Crippen LogP contribution in [0.25, 0.3) is 0 Å². The summed E-state index contributed by atoms with van der Waals surface area (Å²) in [5.41, 5.74) is 3.19. The zero-order valence-electron chi connectivity index (χ0n) is 13.9. The number of amides is 1. The van der Waals surface area contributed by atoms with Gasteiger partial charge in [0.05, 0.1) is 0 Å². The maximum absolute atomic E-state index is 12.2. The van der Waals surface area contributed by atoms with E-state index in [1.54, 1.807) is 20.2 Å². The summed E-state index contributed by atoms with van der Waals surface area (Å²) in [6.45, 7) is 4.20. The van der Waals surface area contributed by atoms with Crippen LogP contribution in [0, 0.1) is 5.41 Å². The van der Waals surface area contributed by atoms with Gasteiger partial charge in [0.2, 0.25) is 0 Å². The highest BCUT2D eigenvalue weighted by molar-refractivity contribution is 5.98. The highest BCUT2D eigenvalue weighted by Crippen LogP contribution is 2.25. The van der Waals surface area contributed by atoms with E-state index in [1.165, 1.54) is 5.56 Å². The van der Waals surface area contributed by atoms with Gasteiger partial charge in [-0.05, 0) is 56.5 Å². The zero-order chi connectivity index (χ0) is 16.7. The van der Waals surface area contributed by atoms with Crippen LogP contribution in [0.4, 0.5) is 0 Å². The molecule has 1 aliphatic rings. The van der Waals surface area contributed by atoms with E-state index in [1.807, 2.05) is 12.1 Å². The molecule has 1 aromatic rings. The summed E-state index contributed by atoms with van der Waals surface area (Å²) >= 11 is 0. The van der Waals surface area contributed by atoms with E-state index in [2.05, 4.69) is 28.1 Å². The Bertz CT molecular complexity index is 571. The lowest BCUT2D eigenvalue weighted by atomic mass is 9.90. The molecule has 0 saturated carbocycles. The summed E-state index contributed by atoms with van der Waals surface area (Å²) in [5.74, 6) is 0.490. The number of carbonyl (C=O) groups is 1. The molecule has 0 aliphatic carbocycles. The van der Waals surface area contributed by atoms with Crippen molar-refractivity contribution in [2.75, 3.05) is 26.7 Å². The van der Waals surface area contributed by atoms with Crippen molar-refractivity contribution in [2.24, 2.45) is 0 Å². The first-order valence-corrected chi connectivity index (χ1v) is 8.12. The quantitative estimate of drug-likeness (QED) is 0.607. The molecule has 1 amide bonds. The van der Waals surface area contributed by atoms with Crippen LogP contribution in [-0.4, -0.2) is 38.3 Å². The van der Waals surface area contributed by atoms with Crippen molar-refractivity contribution in [3.63, 3.8) is 0 Å². The number of piperidine rings is 1. The van der Waals surface area contributed by atoms with E-state index < -0.39 is 0 Å². The van der Waals surface area contributed by atoms with Gasteiger partial charge in [-0.1, -0.05) is 12.1 Å². The Kier molecular flexibility index (Phi) is 6.35. The lowest BCUT2D eigenvalue weighted by Gasteiger charge is -2.23. The minimum absolute atomic E-state index is 0.106. The summed E-state index contributed by atoms with van der Waals surface area (Å²) < 4.78 is 0. The molecule has 2 rings (SSSR count). The van der Waals surface area contributed by atoms with Crippen LogP contribution in [0.3, 0.4) is 0 Å². The summed E-state index contributed by atoms with van der Waals surface area (Å²) in [7, 11) is 1.78. The molecule has 0 radical (unpaired) electrons. The highest BCUT2D eigenvalue weighted by atomic mass is 16.1. The fraction of sp³-hybridized carbons (Fsp3) is 0.444. The topological polar surface area (TPSA) is 77.0 Å². The molecule has 0 atom stereocenters. The number of hydrogen-bond donors (Lipinski definition) is 4. The second-order valence-corrected chi connectivity index (χ2v) is 5.91. The highest BCUT2D eigenvalue weighted by Gasteiger charge is 2.15. The Balaban J connectivity index is 1.94. The van der Waals surface area contributed by atoms with Gasteiger partial charge in [0.15, 0.2) is 0 Å². The molecule has 5 heteroatoms. The monoisotopic (exact) mass is 314 g/mol. The lowest BCUT2D eigenvalue weighted by Crippen LogP contribution is -2.28. The van der Waals surface area contributed by atoms with Crippen LogP contribution < -0.4 is 16.0 Å². The van der Waals surface area contributed by atoms with E-state index in [0.717, 1.165) is 31.5 Å². The number of carbonyl (C=O) groups excluding carboxylic acids is 1. The van der Waals surface area contributed by atoms with Crippen molar-refractivity contribution in [2.45, 2.75) is 25.7 Å². The molecule has 124 valence electrons. The van der Waals surface area contributed by atoms with E-state index in [0.29, 0.717) is 23.7 Å². The zero-order valence-corrected chi connectivity index (χ0v) is 13.9. The van der Waals surface area contributed by atoms with Crippen molar-refractivity contribution in [1.82, 2.24) is 16.0 Å². The van der Waals surface area contributed by atoms with Crippen LogP contribution in [0.2, 0.25) is 0 Å². The molecular formula is C18H26N4O. The van der Waals surface area contributed by atoms with Crippen molar-refractivity contribution >= 4 is 11.6 Å². The molecule has 0 aromatic heterocycles. The van der Waals surface area contributed by atoms with E-state index in [4.69, 9.17) is 5.41 Å². The van der Waals surface area contributed by atoms with Gasteiger partial charge in [-0.15, -0.1) is 0 Å². The summed E-state index contributed by atoms with van der Waals surface area (Å²) in [4.78, 5) is 12.2. The molecule has 1 heterocycles. The van der Waals surface area contributed by atoms with Crippen LogP contribution in [0.15, 0.2) is 36.0 Å². The van der Waals surface area contributed by atoms with Gasteiger partial charge < -0.3 is 21.4 Å². The molecule has 0 unspecified atom stereocenters. The molecule has 1 aromatic carbocycles. The third-order valence-electron chi connectivity index (χ3n) is 4.22. The SMILES string of the molecule is CN/C=C(/CNC(=O)c1ccc(C2CCNCC2)cc1)C(C)=N. The van der Waals surface area contributed by atoms with E-state index in [9.17, 15) is 4.79 Å². The summed E-state index contributed by atoms with van der Waals surface area (Å²) in [6, 6.07) is 7.92. The van der Waals surface area contributed by atoms with Gasteiger partial charge >= 0.3 is 0 Å². The average Bonchev–Trinajstić information content (AvgIpc) is 2.59. The fourth-order valence-corrected chi connectivity index (χ4v) is 2.81. The Labute approximate surface area is 138 Å². The smallest absolute Gasteiger partial charge is 0.251 e. The Morgan fingerprint density at radius 1 is 1.30 bits per heavy atom. The number of benzene rings is 1. The third kappa shape index (κ3) is 4.93. The summed E-state index contributed by atoms with van der Waals surface area (Å²) in [5, 5.41) is 16.8. The molecule has 1 aliphatic heterocycles. The number of nitrogens with one attached hydrogen (secondary N) is 4. The van der Waals surface area contributed by atoms with Gasteiger partial charge in [-0.3, -0.25) is 4.79 Å². The lowest BCUT2D eigenvalue weighted by molar-refractivity contribution is 0.0957. The van der Waals surface area contributed by atoms with Gasteiger partial charge in [0.1, 0.15) is 0 Å². The van der Waals surface area contributed by atoms with Crippen molar-refractivity contribution in [3.05, 3.63) is 47.2 Å². The number of rotatable bonds is 6. The molecule has 4 N–H and O–H groups in total. The second kappa shape index (κ2) is 8.48. The standard InChI is InChI=1S/C18H26N4O/c1-13(19)17(11-20-2)12-22-18(23)16-5-3-14(4-6-16)15-7-9-21-10-8-15/h3-6,11,15,19-21H,7-10,12H2,1-2H3,(H,22,23)/b17-11-,19-13?. The van der Waals surface area contributed by atoms with E-state index in [-0.39, 0.29) is 5.91 Å². The Hall–Kier alpha value is -2.14. The van der Waals surface area contributed by atoms with Crippen LogP contribution in [0.5, 0.6) is 0 Å². The first-order chi connectivity index (χ1) is 11.1. The first-order valence-electron chi connectivity index (χ1n) is 8.12. The predicted octanol–water partition coefficient (Wildman–Crippen LogP) is 2.03. The molecule has 0 spiro atoms. The maximum atomic E-state index is 12.2. The van der Waals surface area contributed by atoms with E-state index >= 15 is 0 Å². The van der Waals surface area contributed by atoms with Gasteiger partial charge in [-0.2, -0.15) is 0 Å². The second-order valence-electron chi connectivity index (χ2n) is 5.91. The molecule has 23 heavy (non-hydrogen) atoms. The Morgan fingerprint density at radius 2 is 1.96 bits per heavy atom. The summed E-state index contributed by atoms with van der Waals surface area (Å²) in [6.07, 6.45) is 4.05. The third-order valence-corrected chi connectivity index (χ3v) is 4.22. The van der Waals surface area contributed by atoms with Gasteiger partial charge in [-0.25, -0.2) is 0 Å². The Morgan fingerprint density at radius 3 is 2.52 bits per heavy atom. The van der Waals surface area contributed by atoms with Gasteiger partial charge in [0.25, 0.3) is 5.91 Å². The molecule has 0 bridgehead atoms. The van der Waals surface area contributed by atoms with Crippen LogP contribution in [-0.2, 0) is 0 Å². The largest absolute Gasteiger partial charge is 0.394 e. The minimum atomic E-state index is -0.106. The minimum Gasteiger partial charge on any atom is -0.394 e. The average molecular weight is 314 g/mol. The fourth-order valence-electron chi connectivity index (χ4n) is 2.81. The first kappa shape index (κ1) is 17.2. The predicted molar refractivity (Wildman–Crippen MR) is 94.2 cm³/mol. The maximum Gasteiger partial charge on any atom is 0.251 e. The molecule has 1 saturated heterocycles.